The normalized spacial score (nSPS) is 10.4. The van der Waals surface area contributed by atoms with Crippen molar-refractivity contribution < 1.29 is 9.52 Å². The topological polar surface area (TPSA) is 59.2 Å². The van der Waals surface area contributed by atoms with Crippen molar-refractivity contribution in [2.75, 3.05) is 0 Å². The first-order valence-corrected chi connectivity index (χ1v) is 4.22. The van der Waals surface area contributed by atoms with E-state index in [1.807, 2.05) is 0 Å². The molecule has 0 saturated carbocycles. The number of nitrogens with zero attached hydrogens (tertiary/aromatic N) is 2. The van der Waals surface area contributed by atoms with E-state index in [0.717, 1.165) is 5.01 Å². The summed E-state index contributed by atoms with van der Waals surface area (Å²) in [6.45, 7) is -0.0371. The predicted molar refractivity (Wildman–Crippen MR) is 43.5 cm³/mol. The van der Waals surface area contributed by atoms with Crippen molar-refractivity contribution in [1.82, 2.24) is 9.97 Å². The molecule has 0 aliphatic rings. The monoisotopic (exact) mass is 182 g/mol. The molecule has 2 aromatic rings. The van der Waals surface area contributed by atoms with Gasteiger partial charge in [-0.05, 0) is 0 Å². The Bertz CT molecular complexity index is 355. The van der Waals surface area contributed by atoms with Crippen LogP contribution in [0.3, 0.4) is 0 Å². The molecule has 0 fully saturated rings. The van der Waals surface area contributed by atoms with Crippen LogP contribution in [0.1, 0.15) is 5.69 Å². The lowest BCUT2D eigenvalue weighted by Crippen LogP contribution is -1.81. The first kappa shape index (κ1) is 7.45. The van der Waals surface area contributed by atoms with Crippen molar-refractivity contribution in [2.45, 2.75) is 6.61 Å². The van der Waals surface area contributed by atoms with Crippen molar-refractivity contribution in [3.8, 4) is 10.8 Å². The molecule has 0 spiro atoms. The Labute approximate surface area is 72.5 Å². The highest BCUT2D eigenvalue weighted by atomic mass is 32.1. The zero-order chi connectivity index (χ0) is 8.39. The lowest BCUT2D eigenvalue weighted by molar-refractivity contribution is 0.277. The molecule has 0 atom stereocenters. The zero-order valence-corrected chi connectivity index (χ0v) is 6.91. The maximum atomic E-state index is 8.75. The van der Waals surface area contributed by atoms with Gasteiger partial charge in [0, 0.05) is 5.38 Å². The van der Waals surface area contributed by atoms with Crippen molar-refractivity contribution in [3.63, 3.8) is 0 Å². The van der Waals surface area contributed by atoms with Gasteiger partial charge in [-0.2, -0.15) is 0 Å². The molecular formula is C7H6N2O2S. The first-order chi connectivity index (χ1) is 5.90. The molecule has 2 rings (SSSR count). The van der Waals surface area contributed by atoms with Crippen LogP contribution in [-0.2, 0) is 6.61 Å². The average Bonchev–Trinajstić information content (AvgIpc) is 2.75. The molecule has 4 nitrogen and oxygen atoms in total. The molecule has 0 aromatic carbocycles. The predicted octanol–water partition coefficient (Wildman–Crippen LogP) is 1.29. The summed E-state index contributed by atoms with van der Waals surface area (Å²) in [5, 5.41) is 11.3. The SMILES string of the molecule is OCc1csc(-c2cnco2)n1. The first-order valence-electron chi connectivity index (χ1n) is 3.34. The molecule has 1 N–H and O–H groups in total. The molecule has 0 radical (unpaired) electrons. The highest BCUT2D eigenvalue weighted by Gasteiger charge is 2.06. The second-order valence-electron chi connectivity index (χ2n) is 2.17. The minimum atomic E-state index is -0.0371. The van der Waals surface area contributed by atoms with E-state index in [4.69, 9.17) is 9.52 Å². The number of aromatic nitrogens is 2. The summed E-state index contributed by atoms with van der Waals surface area (Å²) in [6, 6.07) is 0. The Kier molecular flexibility index (Phi) is 1.89. The minimum absolute atomic E-state index is 0.0371. The summed E-state index contributed by atoms with van der Waals surface area (Å²) in [5.74, 6) is 0.639. The molecule has 0 saturated heterocycles. The van der Waals surface area contributed by atoms with Crippen LogP contribution >= 0.6 is 11.3 Å². The van der Waals surface area contributed by atoms with Crippen molar-refractivity contribution in [3.05, 3.63) is 23.7 Å². The van der Waals surface area contributed by atoms with Gasteiger partial charge in [0.15, 0.2) is 17.2 Å². The highest BCUT2D eigenvalue weighted by molar-refractivity contribution is 7.13. The van der Waals surface area contributed by atoms with E-state index in [-0.39, 0.29) is 6.61 Å². The lowest BCUT2D eigenvalue weighted by Gasteiger charge is -1.85. The fraction of sp³-hybridized carbons (Fsp3) is 0.143. The van der Waals surface area contributed by atoms with Gasteiger partial charge in [-0.15, -0.1) is 11.3 Å². The van der Waals surface area contributed by atoms with Crippen LogP contribution in [0.15, 0.2) is 22.4 Å². The third-order valence-electron chi connectivity index (χ3n) is 1.36. The average molecular weight is 182 g/mol. The highest BCUT2D eigenvalue weighted by Crippen LogP contribution is 2.22. The fourth-order valence-corrected chi connectivity index (χ4v) is 1.58. The molecule has 0 bridgehead atoms. The van der Waals surface area contributed by atoms with Crippen LogP contribution in [0.5, 0.6) is 0 Å². The van der Waals surface area contributed by atoms with E-state index in [0.29, 0.717) is 11.5 Å². The Hall–Kier alpha value is -1.20. The maximum Gasteiger partial charge on any atom is 0.182 e. The summed E-state index contributed by atoms with van der Waals surface area (Å²) in [6.07, 6.45) is 2.95. The van der Waals surface area contributed by atoms with Gasteiger partial charge < -0.3 is 9.52 Å². The van der Waals surface area contributed by atoms with Crippen LogP contribution < -0.4 is 0 Å². The van der Waals surface area contributed by atoms with Gasteiger partial charge in [-0.3, -0.25) is 0 Å². The molecule has 2 heterocycles. The number of aliphatic hydroxyl groups is 1. The van der Waals surface area contributed by atoms with E-state index in [2.05, 4.69) is 9.97 Å². The van der Waals surface area contributed by atoms with Crippen LogP contribution in [0, 0.1) is 0 Å². The molecule has 0 aliphatic carbocycles. The van der Waals surface area contributed by atoms with Crippen molar-refractivity contribution in [1.29, 1.82) is 0 Å². The summed E-state index contributed by atoms with van der Waals surface area (Å²) in [7, 11) is 0. The number of hydrogen-bond acceptors (Lipinski definition) is 5. The number of hydrogen-bond donors (Lipinski definition) is 1. The van der Waals surface area contributed by atoms with E-state index in [1.165, 1.54) is 17.7 Å². The molecule has 62 valence electrons. The second kappa shape index (κ2) is 3.04. The molecule has 0 amide bonds. The maximum absolute atomic E-state index is 8.75. The Morgan fingerprint density at radius 2 is 2.50 bits per heavy atom. The van der Waals surface area contributed by atoms with Gasteiger partial charge in [-0.25, -0.2) is 9.97 Å². The smallest absolute Gasteiger partial charge is 0.182 e. The van der Waals surface area contributed by atoms with Crippen LogP contribution in [0.2, 0.25) is 0 Å². The molecule has 0 aliphatic heterocycles. The largest absolute Gasteiger partial charge is 0.441 e. The number of oxazole rings is 1. The van der Waals surface area contributed by atoms with Gasteiger partial charge in [0.1, 0.15) is 0 Å². The Morgan fingerprint density at radius 3 is 3.08 bits per heavy atom. The van der Waals surface area contributed by atoms with E-state index >= 15 is 0 Å². The van der Waals surface area contributed by atoms with E-state index < -0.39 is 0 Å². The van der Waals surface area contributed by atoms with Crippen molar-refractivity contribution in [2.24, 2.45) is 0 Å². The van der Waals surface area contributed by atoms with E-state index in [1.54, 1.807) is 11.6 Å². The summed E-state index contributed by atoms with van der Waals surface area (Å²) < 4.78 is 5.03. The molecular weight excluding hydrogens is 176 g/mol. The summed E-state index contributed by atoms with van der Waals surface area (Å²) >= 11 is 1.43. The molecule has 12 heavy (non-hydrogen) atoms. The van der Waals surface area contributed by atoms with Gasteiger partial charge in [0.05, 0.1) is 18.5 Å². The molecule has 2 aromatic heterocycles. The minimum Gasteiger partial charge on any atom is -0.441 e. The Morgan fingerprint density at radius 1 is 1.58 bits per heavy atom. The van der Waals surface area contributed by atoms with Gasteiger partial charge in [0.2, 0.25) is 0 Å². The van der Waals surface area contributed by atoms with Gasteiger partial charge >= 0.3 is 0 Å². The third kappa shape index (κ3) is 1.24. The summed E-state index contributed by atoms with van der Waals surface area (Å²) in [5.41, 5.74) is 0.659. The second-order valence-corrected chi connectivity index (χ2v) is 3.03. The quantitative estimate of drug-likeness (QED) is 0.760. The third-order valence-corrected chi connectivity index (χ3v) is 2.26. The number of aliphatic hydroxyl groups excluding tert-OH is 1. The van der Waals surface area contributed by atoms with Crippen molar-refractivity contribution >= 4 is 11.3 Å². The molecule has 0 unspecified atom stereocenters. The standard InChI is InChI=1S/C7H6N2O2S/c10-2-5-3-12-7(9-5)6-1-8-4-11-6/h1,3-4,10H,2H2. The van der Waals surface area contributed by atoms with E-state index in [9.17, 15) is 0 Å². The zero-order valence-electron chi connectivity index (χ0n) is 6.10. The van der Waals surface area contributed by atoms with Crippen LogP contribution in [0.25, 0.3) is 10.8 Å². The van der Waals surface area contributed by atoms with Crippen LogP contribution in [0.4, 0.5) is 0 Å². The molecule has 5 heteroatoms. The lowest BCUT2D eigenvalue weighted by atomic mass is 10.5. The summed E-state index contributed by atoms with van der Waals surface area (Å²) in [4.78, 5) is 7.88. The number of thiazole rings is 1. The van der Waals surface area contributed by atoms with Gasteiger partial charge in [0.25, 0.3) is 0 Å². The number of rotatable bonds is 2. The Balaban J connectivity index is 2.35. The van der Waals surface area contributed by atoms with Gasteiger partial charge in [-0.1, -0.05) is 0 Å². The fourth-order valence-electron chi connectivity index (χ4n) is 0.814. The van der Waals surface area contributed by atoms with Crippen LogP contribution in [-0.4, -0.2) is 15.1 Å².